The minimum Gasteiger partial charge on any atom is -0.381 e. The van der Waals surface area contributed by atoms with E-state index in [4.69, 9.17) is 10.5 Å². The number of hydrogen-bond acceptors (Lipinski definition) is 2. The van der Waals surface area contributed by atoms with Crippen LogP contribution in [0.15, 0.2) is 0 Å². The third kappa shape index (κ3) is 1.20. The van der Waals surface area contributed by atoms with Gasteiger partial charge in [0.25, 0.3) is 0 Å². The molecule has 0 amide bonds. The number of rotatable bonds is 1. The van der Waals surface area contributed by atoms with Gasteiger partial charge in [0.2, 0.25) is 0 Å². The Morgan fingerprint density at radius 2 is 2.25 bits per heavy atom. The van der Waals surface area contributed by atoms with Crippen molar-refractivity contribution in [3.63, 3.8) is 0 Å². The fraction of sp³-hybridized carbons (Fsp3) is 1.00. The van der Waals surface area contributed by atoms with Crippen LogP contribution >= 0.6 is 0 Å². The van der Waals surface area contributed by atoms with Gasteiger partial charge in [-0.25, -0.2) is 0 Å². The van der Waals surface area contributed by atoms with Crippen LogP contribution in [0, 0.1) is 0 Å². The van der Waals surface area contributed by atoms with Crippen LogP contribution in [-0.4, -0.2) is 19.3 Å². The molecule has 1 aliphatic carbocycles. The Hall–Kier alpha value is -0.0800. The van der Waals surface area contributed by atoms with Crippen LogP contribution in [-0.2, 0) is 4.74 Å². The maximum atomic E-state index is 5.62. The van der Waals surface area contributed by atoms with E-state index in [1.54, 1.807) is 7.11 Å². The second kappa shape index (κ2) is 2.46. The SMILES string of the molecule is CO[C@@H]1CC[C@@H](N)C1. The molecule has 0 bridgehead atoms. The van der Waals surface area contributed by atoms with E-state index >= 15 is 0 Å². The van der Waals surface area contributed by atoms with Gasteiger partial charge < -0.3 is 10.5 Å². The lowest BCUT2D eigenvalue weighted by Crippen LogP contribution is -2.16. The van der Waals surface area contributed by atoms with Gasteiger partial charge in [-0.15, -0.1) is 0 Å². The van der Waals surface area contributed by atoms with E-state index in [1.165, 1.54) is 0 Å². The average molecular weight is 115 g/mol. The fourth-order valence-corrected chi connectivity index (χ4v) is 1.19. The Kier molecular flexibility index (Phi) is 1.86. The molecule has 1 fully saturated rings. The Morgan fingerprint density at radius 3 is 2.50 bits per heavy atom. The number of hydrogen-bond donors (Lipinski definition) is 1. The van der Waals surface area contributed by atoms with Gasteiger partial charge in [0, 0.05) is 13.2 Å². The van der Waals surface area contributed by atoms with E-state index in [9.17, 15) is 0 Å². The number of methoxy groups -OCH3 is 1. The van der Waals surface area contributed by atoms with Gasteiger partial charge in [-0.1, -0.05) is 0 Å². The zero-order chi connectivity index (χ0) is 5.98. The summed E-state index contributed by atoms with van der Waals surface area (Å²) in [6.07, 6.45) is 3.79. The standard InChI is InChI=1S/C6H13NO/c1-8-6-3-2-5(7)4-6/h5-6H,2-4,7H2,1H3/t5-,6-/m1/s1. The van der Waals surface area contributed by atoms with Crippen LogP contribution in [0.1, 0.15) is 19.3 Å². The third-order valence-electron chi connectivity index (χ3n) is 1.76. The molecule has 8 heavy (non-hydrogen) atoms. The van der Waals surface area contributed by atoms with Crippen molar-refractivity contribution in [2.24, 2.45) is 5.73 Å². The van der Waals surface area contributed by atoms with Gasteiger partial charge in [-0.3, -0.25) is 0 Å². The van der Waals surface area contributed by atoms with Crippen molar-refractivity contribution >= 4 is 0 Å². The molecule has 1 aliphatic rings. The summed E-state index contributed by atoms with van der Waals surface area (Å²) in [5.41, 5.74) is 5.62. The Morgan fingerprint density at radius 1 is 1.50 bits per heavy atom. The summed E-state index contributed by atoms with van der Waals surface area (Å²) in [5, 5.41) is 0. The molecule has 0 aromatic heterocycles. The van der Waals surface area contributed by atoms with Crippen molar-refractivity contribution in [2.75, 3.05) is 7.11 Å². The Balaban J connectivity index is 2.22. The Bertz CT molecular complexity index is 74.9. The van der Waals surface area contributed by atoms with Crippen LogP contribution in [0.2, 0.25) is 0 Å². The number of nitrogens with two attached hydrogens (primary N) is 1. The van der Waals surface area contributed by atoms with Crippen LogP contribution in [0.3, 0.4) is 0 Å². The van der Waals surface area contributed by atoms with Crippen LogP contribution < -0.4 is 5.73 Å². The van der Waals surface area contributed by atoms with Gasteiger partial charge in [0.15, 0.2) is 0 Å². The molecule has 1 saturated carbocycles. The van der Waals surface area contributed by atoms with Gasteiger partial charge in [0.1, 0.15) is 0 Å². The molecule has 1 rings (SSSR count). The fourth-order valence-electron chi connectivity index (χ4n) is 1.19. The van der Waals surface area contributed by atoms with Gasteiger partial charge in [-0.05, 0) is 19.3 Å². The molecule has 0 unspecified atom stereocenters. The predicted octanol–water partition coefficient (Wildman–Crippen LogP) is 0.513. The summed E-state index contributed by atoms with van der Waals surface area (Å²) in [6.45, 7) is 0. The molecule has 0 aromatic carbocycles. The smallest absolute Gasteiger partial charge is 0.0586 e. The summed E-state index contributed by atoms with van der Waals surface area (Å²) in [7, 11) is 1.75. The molecule has 2 heteroatoms. The lowest BCUT2D eigenvalue weighted by molar-refractivity contribution is 0.108. The monoisotopic (exact) mass is 115 g/mol. The second-order valence-electron chi connectivity index (χ2n) is 2.43. The van der Waals surface area contributed by atoms with E-state index in [0.29, 0.717) is 12.1 Å². The quantitative estimate of drug-likeness (QED) is 0.540. The molecule has 0 heterocycles. The van der Waals surface area contributed by atoms with Crippen molar-refractivity contribution in [1.29, 1.82) is 0 Å². The lowest BCUT2D eigenvalue weighted by Gasteiger charge is -2.04. The minimum atomic E-state index is 0.403. The van der Waals surface area contributed by atoms with Crippen molar-refractivity contribution in [1.82, 2.24) is 0 Å². The maximum Gasteiger partial charge on any atom is 0.0586 e. The highest BCUT2D eigenvalue weighted by atomic mass is 16.5. The Labute approximate surface area is 50.0 Å². The maximum absolute atomic E-state index is 5.62. The number of ether oxygens (including phenoxy) is 1. The first-order valence-corrected chi connectivity index (χ1v) is 3.11. The molecule has 2 nitrogen and oxygen atoms in total. The van der Waals surface area contributed by atoms with Crippen LogP contribution in [0.4, 0.5) is 0 Å². The molecule has 0 aliphatic heterocycles. The highest BCUT2D eigenvalue weighted by Crippen LogP contribution is 2.18. The highest BCUT2D eigenvalue weighted by Gasteiger charge is 2.20. The van der Waals surface area contributed by atoms with Crippen molar-refractivity contribution < 1.29 is 4.74 Å². The summed E-state index contributed by atoms with van der Waals surface area (Å²) in [5.74, 6) is 0. The summed E-state index contributed by atoms with van der Waals surface area (Å²) < 4.78 is 5.10. The second-order valence-corrected chi connectivity index (χ2v) is 2.43. The zero-order valence-electron chi connectivity index (χ0n) is 5.26. The molecular weight excluding hydrogens is 102 g/mol. The van der Waals surface area contributed by atoms with Crippen molar-refractivity contribution in [3.8, 4) is 0 Å². The molecule has 48 valence electrons. The van der Waals surface area contributed by atoms with Crippen LogP contribution in [0.25, 0.3) is 0 Å². The first-order valence-electron chi connectivity index (χ1n) is 3.11. The largest absolute Gasteiger partial charge is 0.381 e. The van der Waals surface area contributed by atoms with Gasteiger partial charge in [-0.2, -0.15) is 0 Å². The summed E-state index contributed by atoms with van der Waals surface area (Å²) >= 11 is 0. The molecule has 2 atom stereocenters. The molecule has 0 radical (unpaired) electrons. The van der Waals surface area contributed by atoms with E-state index in [1.807, 2.05) is 0 Å². The van der Waals surface area contributed by atoms with Crippen LogP contribution in [0.5, 0.6) is 0 Å². The minimum absolute atomic E-state index is 0.403. The predicted molar refractivity (Wildman–Crippen MR) is 32.6 cm³/mol. The molecule has 0 saturated heterocycles. The topological polar surface area (TPSA) is 35.2 Å². The van der Waals surface area contributed by atoms with E-state index in [2.05, 4.69) is 0 Å². The first kappa shape index (κ1) is 6.05. The average Bonchev–Trinajstić information content (AvgIpc) is 2.14. The lowest BCUT2D eigenvalue weighted by atomic mass is 10.3. The van der Waals surface area contributed by atoms with Gasteiger partial charge in [0.05, 0.1) is 6.10 Å². The molecule has 0 aromatic rings. The van der Waals surface area contributed by atoms with E-state index < -0.39 is 0 Å². The molecule has 0 spiro atoms. The molecule has 2 N–H and O–H groups in total. The van der Waals surface area contributed by atoms with Gasteiger partial charge >= 0.3 is 0 Å². The molecular formula is C6H13NO. The van der Waals surface area contributed by atoms with Crippen molar-refractivity contribution in [3.05, 3.63) is 0 Å². The summed E-state index contributed by atoms with van der Waals surface area (Å²) in [4.78, 5) is 0. The zero-order valence-corrected chi connectivity index (χ0v) is 5.26. The highest BCUT2D eigenvalue weighted by molar-refractivity contribution is 4.77. The van der Waals surface area contributed by atoms with E-state index in [0.717, 1.165) is 19.3 Å². The normalized spacial score (nSPS) is 38.2. The third-order valence-corrected chi connectivity index (χ3v) is 1.76. The first-order chi connectivity index (χ1) is 3.83. The van der Waals surface area contributed by atoms with Crippen molar-refractivity contribution in [2.45, 2.75) is 31.4 Å². The summed E-state index contributed by atoms with van der Waals surface area (Å²) in [6, 6.07) is 0.403. The van der Waals surface area contributed by atoms with E-state index in [-0.39, 0.29) is 0 Å².